The van der Waals surface area contributed by atoms with Crippen LogP contribution in [0.5, 0.6) is 0 Å². The van der Waals surface area contributed by atoms with Crippen LogP contribution in [-0.4, -0.2) is 0 Å². The van der Waals surface area contributed by atoms with E-state index in [2.05, 4.69) is 26.8 Å². The molecule has 1 fully saturated rings. The molecule has 74 valence electrons. The van der Waals surface area contributed by atoms with E-state index >= 15 is 0 Å². The van der Waals surface area contributed by atoms with E-state index in [4.69, 9.17) is 0 Å². The summed E-state index contributed by atoms with van der Waals surface area (Å²) in [5, 5.41) is 0. The molecule has 0 heteroatoms. The minimum atomic E-state index is 0.667. The van der Waals surface area contributed by atoms with E-state index < -0.39 is 0 Å². The van der Waals surface area contributed by atoms with E-state index in [1.54, 1.807) is 5.57 Å². The summed E-state index contributed by atoms with van der Waals surface area (Å²) in [7, 11) is 0. The summed E-state index contributed by atoms with van der Waals surface area (Å²) in [6.07, 6.45) is 9.73. The predicted octanol–water partition coefficient (Wildman–Crippen LogP) is 4.17. The van der Waals surface area contributed by atoms with Gasteiger partial charge in [0, 0.05) is 0 Å². The van der Waals surface area contributed by atoms with Crippen molar-refractivity contribution in [2.45, 2.75) is 52.9 Å². The lowest BCUT2D eigenvalue weighted by atomic mass is 9.73. The van der Waals surface area contributed by atoms with E-state index in [0.29, 0.717) is 5.41 Å². The summed E-state index contributed by atoms with van der Waals surface area (Å²) in [6.45, 7) is 7.14. The monoisotopic (exact) mass is 178 g/mol. The average Bonchev–Trinajstić information content (AvgIpc) is 2.58. The third kappa shape index (κ3) is 1.45. The van der Waals surface area contributed by atoms with E-state index in [-0.39, 0.29) is 0 Å². The molecule has 2 rings (SSSR count). The van der Waals surface area contributed by atoms with E-state index in [1.165, 1.54) is 32.1 Å². The third-order valence-electron chi connectivity index (χ3n) is 4.36. The molecule has 2 aliphatic carbocycles. The smallest absolute Gasteiger partial charge is 0.0171 e. The van der Waals surface area contributed by atoms with Gasteiger partial charge in [0.15, 0.2) is 0 Å². The minimum Gasteiger partial charge on any atom is -0.0816 e. The summed E-state index contributed by atoms with van der Waals surface area (Å²) in [5.74, 6) is 1.87. The molecule has 0 radical (unpaired) electrons. The summed E-state index contributed by atoms with van der Waals surface area (Å²) < 4.78 is 0. The van der Waals surface area contributed by atoms with Crippen LogP contribution in [0.25, 0.3) is 0 Å². The summed E-state index contributed by atoms with van der Waals surface area (Å²) in [5.41, 5.74) is 2.35. The molecule has 2 aliphatic rings. The van der Waals surface area contributed by atoms with Crippen molar-refractivity contribution in [1.82, 2.24) is 0 Å². The molecule has 0 aromatic carbocycles. The lowest BCUT2D eigenvalue weighted by Crippen LogP contribution is -2.22. The number of hydrogen-bond donors (Lipinski definition) is 0. The second kappa shape index (κ2) is 3.15. The van der Waals surface area contributed by atoms with Crippen LogP contribution in [0.3, 0.4) is 0 Å². The van der Waals surface area contributed by atoms with Gasteiger partial charge in [0.2, 0.25) is 0 Å². The number of unbranched alkanes of at least 4 members (excludes halogenated alkanes) is 1. The van der Waals surface area contributed by atoms with Crippen LogP contribution < -0.4 is 0 Å². The molecule has 0 aromatic rings. The third-order valence-corrected chi connectivity index (χ3v) is 4.36. The standard InChI is InChI=1S/C13H22/c1-4-5-6-13(3)9-11-8-12(13)7-10(11)2/h7,11-12H,4-6,8-9H2,1-3H3. The van der Waals surface area contributed by atoms with Crippen molar-refractivity contribution in [3.63, 3.8) is 0 Å². The van der Waals surface area contributed by atoms with Crippen molar-refractivity contribution in [1.29, 1.82) is 0 Å². The lowest BCUT2D eigenvalue weighted by molar-refractivity contribution is 0.230. The fraction of sp³-hybridized carbons (Fsp3) is 0.846. The Morgan fingerprint density at radius 1 is 1.54 bits per heavy atom. The first-order valence-corrected chi connectivity index (χ1v) is 5.84. The maximum absolute atomic E-state index is 2.56. The van der Waals surface area contributed by atoms with Crippen LogP contribution in [-0.2, 0) is 0 Å². The van der Waals surface area contributed by atoms with Gasteiger partial charge in [0.25, 0.3) is 0 Å². The molecule has 3 atom stereocenters. The van der Waals surface area contributed by atoms with E-state index in [1.807, 2.05) is 0 Å². The Morgan fingerprint density at radius 2 is 2.31 bits per heavy atom. The van der Waals surface area contributed by atoms with Gasteiger partial charge in [0.05, 0.1) is 0 Å². The highest BCUT2D eigenvalue weighted by atomic mass is 14.5. The Morgan fingerprint density at radius 3 is 2.77 bits per heavy atom. The molecule has 0 aliphatic heterocycles. The SMILES string of the molecule is CCCCC1(C)CC2CC1C=C2C. The fourth-order valence-electron chi connectivity index (χ4n) is 3.33. The quantitative estimate of drug-likeness (QED) is 0.569. The molecular weight excluding hydrogens is 156 g/mol. The minimum absolute atomic E-state index is 0.667. The summed E-state index contributed by atoms with van der Waals surface area (Å²) in [4.78, 5) is 0. The second-order valence-corrected chi connectivity index (χ2v) is 5.41. The maximum atomic E-state index is 2.56. The predicted molar refractivity (Wildman–Crippen MR) is 57.6 cm³/mol. The number of hydrogen-bond acceptors (Lipinski definition) is 0. The number of rotatable bonds is 3. The Balaban J connectivity index is 2.03. The van der Waals surface area contributed by atoms with Crippen LogP contribution in [0.1, 0.15) is 52.9 Å². The van der Waals surface area contributed by atoms with Gasteiger partial charge < -0.3 is 0 Å². The first-order valence-electron chi connectivity index (χ1n) is 5.84. The van der Waals surface area contributed by atoms with Crippen molar-refractivity contribution >= 4 is 0 Å². The zero-order chi connectivity index (χ0) is 9.47. The Labute approximate surface area is 82.4 Å². The maximum Gasteiger partial charge on any atom is -0.0171 e. The fourth-order valence-corrected chi connectivity index (χ4v) is 3.33. The van der Waals surface area contributed by atoms with Gasteiger partial charge in [-0.1, -0.05) is 38.3 Å². The largest absolute Gasteiger partial charge is 0.0816 e. The van der Waals surface area contributed by atoms with Gasteiger partial charge in [-0.3, -0.25) is 0 Å². The first kappa shape index (κ1) is 9.30. The molecular formula is C13H22. The average molecular weight is 178 g/mol. The highest BCUT2D eigenvalue weighted by molar-refractivity contribution is 5.22. The topological polar surface area (TPSA) is 0 Å². The van der Waals surface area contributed by atoms with Gasteiger partial charge in [-0.25, -0.2) is 0 Å². The van der Waals surface area contributed by atoms with Gasteiger partial charge in [-0.2, -0.15) is 0 Å². The molecule has 0 saturated heterocycles. The van der Waals surface area contributed by atoms with Gasteiger partial charge in [-0.15, -0.1) is 0 Å². The van der Waals surface area contributed by atoms with Crippen LogP contribution >= 0.6 is 0 Å². The summed E-state index contributed by atoms with van der Waals surface area (Å²) in [6, 6.07) is 0. The normalized spacial score (nSPS) is 42.5. The Kier molecular flexibility index (Phi) is 2.25. The van der Waals surface area contributed by atoms with Crippen molar-refractivity contribution in [2.75, 3.05) is 0 Å². The molecule has 0 N–H and O–H groups in total. The molecule has 1 saturated carbocycles. The molecule has 0 amide bonds. The molecule has 0 heterocycles. The number of fused-ring (bicyclic) bond motifs is 2. The zero-order valence-corrected chi connectivity index (χ0v) is 9.27. The molecule has 3 unspecified atom stereocenters. The van der Waals surface area contributed by atoms with Crippen molar-refractivity contribution in [3.8, 4) is 0 Å². The van der Waals surface area contributed by atoms with Gasteiger partial charge in [0.1, 0.15) is 0 Å². The van der Waals surface area contributed by atoms with Crippen LogP contribution in [0.2, 0.25) is 0 Å². The highest BCUT2D eigenvalue weighted by Gasteiger charge is 2.46. The van der Waals surface area contributed by atoms with Crippen molar-refractivity contribution in [3.05, 3.63) is 11.6 Å². The molecule has 0 nitrogen and oxygen atoms in total. The van der Waals surface area contributed by atoms with Crippen LogP contribution in [0.4, 0.5) is 0 Å². The molecule has 0 spiro atoms. The van der Waals surface area contributed by atoms with Gasteiger partial charge >= 0.3 is 0 Å². The van der Waals surface area contributed by atoms with E-state index in [0.717, 1.165) is 11.8 Å². The Bertz CT molecular complexity index is 226. The van der Waals surface area contributed by atoms with E-state index in [9.17, 15) is 0 Å². The molecule has 2 bridgehead atoms. The van der Waals surface area contributed by atoms with Crippen LogP contribution in [0.15, 0.2) is 11.6 Å². The Hall–Kier alpha value is -0.260. The lowest BCUT2D eigenvalue weighted by Gasteiger charge is -2.32. The highest BCUT2D eigenvalue weighted by Crippen LogP contribution is 2.56. The van der Waals surface area contributed by atoms with Crippen molar-refractivity contribution < 1.29 is 0 Å². The van der Waals surface area contributed by atoms with Crippen LogP contribution in [0, 0.1) is 17.3 Å². The van der Waals surface area contributed by atoms with Gasteiger partial charge in [-0.05, 0) is 43.4 Å². The number of allylic oxidation sites excluding steroid dienone is 2. The summed E-state index contributed by atoms with van der Waals surface area (Å²) >= 11 is 0. The zero-order valence-electron chi connectivity index (χ0n) is 9.27. The molecule has 0 aromatic heterocycles. The second-order valence-electron chi connectivity index (χ2n) is 5.41. The van der Waals surface area contributed by atoms with Crippen molar-refractivity contribution in [2.24, 2.45) is 17.3 Å². The molecule has 13 heavy (non-hydrogen) atoms. The first-order chi connectivity index (χ1) is 6.15.